The van der Waals surface area contributed by atoms with Crippen LogP contribution in [0.5, 0.6) is 0 Å². The van der Waals surface area contributed by atoms with Crippen LogP contribution >= 0.6 is 11.3 Å². The van der Waals surface area contributed by atoms with E-state index in [0.29, 0.717) is 0 Å². The van der Waals surface area contributed by atoms with Crippen molar-refractivity contribution >= 4 is 43.4 Å². The average molecular weight is 224 g/mol. The van der Waals surface area contributed by atoms with Crippen LogP contribution in [0.4, 0.5) is 0 Å². The number of fused-ring (bicyclic) bond motifs is 4. The second-order valence-electron chi connectivity index (χ2n) is 3.91. The maximum absolute atomic E-state index is 5.83. The Kier molecular flexibility index (Phi) is 1.50. The Labute approximate surface area is 95.9 Å². The molecule has 2 aromatic carbocycles. The first-order chi connectivity index (χ1) is 7.92. The zero-order valence-corrected chi connectivity index (χ0v) is 9.25. The molecule has 0 saturated carbocycles. The Bertz CT molecular complexity index is 807. The molecule has 0 spiro atoms. The van der Waals surface area contributed by atoms with Crippen molar-refractivity contribution in [2.45, 2.75) is 0 Å². The van der Waals surface area contributed by atoms with Gasteiger partial charge in [-0.3, -0.25) is 0 Å². The smallest absolute Gasteiger partial charge is 0.136 e. The van der Waals surface area contributed by atoms with Gasteiger partial charge in [0, 0.05) is 15.5 Å². The molecule has 4 rings (SSSR count). The number of thiophene rings is 1. The van der Waals surface area contributed by atoms with Crippen LogP contribution in [0.2, 0.25) is 0 Å². The van der Waals surface area contributed by atoms with Crippen molar-refractivity contribution in [2.24, 2.45) is 0 Å². The first-order valence-electron chi connectivity index (χ1n) is 5.20. The summed E-state index contributed by atoms with van der Waals surface area (Å²) in [4.78, 5) is 0. The van der Waals surface area contributed by atoms with Gasteiger partial charge in [-0.1, -0.05) is 18.2 Å². The molecular formula is C14H8OS. The fourth-order valence-electron chi connectivity index (χ4n) is 2.18. The lowest BCUT2D eigenvalue weighted by molar-refractivity contribution is 0.669. The summed E-state index contributed by atoms with van der Waals surface area (Å²) in [6.07, 6.45) is 0. The highest BCUT2D eigenvalue weighted by molar-refractivity contribution is 7.17. The molecule has 4 aromatic rings. The minimum Gasteiger partial charge on any atom is -0.456 e. The van der Waals surface area contributed by atoms with E-state index in [-0.39, 0.29) is 0 Å². The van der Waals surface area contributed by atoms with E-state index >= 15 is 0 Å². The van der Waals surface area contributed by atoms with Crippen molar-refractivity contribution < 1.29 is 4.42 Å². The Morgan fingerprint density at radius 2 is 1.81 bits per heavy atom. The summed E-state index contributed by atoms with van der Waals surface area (Å²) in [5, 5.41) is 5.79. The predicted molar refractivity (Wildman–Crippen MR) is 69.1 cm³/mol. The lowest BCUT2D eigenvalue weighted by atomic mass is 10.1. The summed E-state index contributed by atoms with van der Waals surface area (Å²) in [7, 11) is 0. The molecule has 76 valence electrons. The average Bonchev–Trinajstić information content (AvgIpc) is 2.88. The van der Waals surface area contributed by atoms with Gasteiger partial charge in [-0.15, -0.1) is 11.3 Å². The molecule has 0 radical (unpaired) electrons. The summed E-state index contributed by atoms with van der Waals surface area (Å²) in [5.41, 5.74) is 1.95. The number of para-hydroxylation sites is 1. The second kappa shape index (κ2) is 2.86. The van der Waals surface area contributed by atoms with Gasteiger partial charge in [0.1, 0.15) is 11.2 Å². The third-order valence-electron chi connectivity index (χ3n) is 2.95. The van der Waals surface area contributed by atoms with Gasteiger partial charge in [-0.05, 0) is 35.0 Å². The Hall–Kier alpha value is -1.80. The third-order valence-corrected chi connectivity index (χ3v) is 3.83. The van der Waals surface area contributed by atoms with Crippen LogP contribution < -0.4 is 0 Å². The number of hydrogen-bond donors (Lipinski definition) is 0. The molecule has 2 aromatic heterocycles. The van der Waals surface area contributed by atoms with Crippen LogP contribution in [0.15, 0.2) is 52.3 Å². The third kappa shape index (κ3) is 0.996. The number of furan rings is 1. The van der Waals surface area contributed by atoms with Crippen LogP contribution in [-0.4, -0.2) is 0 Å². The molecule has 0 aliphatic rings. The van der Waals surface area contributed by atoms with E-state index in [1.807, 2.05) is 12.1 Å². The molecule has 0 bridgehead atoms. The first-order valence-corrected chi connectivity index (χ1v) is 6.08. The standard InChI is InChI=1S/C14H8OS/c1-2-4-12-10(3-1)11-8-14-9(5-6-16-14)7-13(11)15-12/h1-8H. The molecule has 16 heavy (non-hydrogen) atoms. The Morgan fingerprint density at radius 1 is 0.875 bits per heavy atom. The maximum atomic E-state index is 5.83. The molecule has 1 nitrogen and oxygen atoms in total. The van der Waals surface area contributed by atoms with Gasteiger partial charge in [-0.25, -0.2) is 0 Å². The van der Waals surface area contributed by atoms with Gasteiger partial charge in [-0.2, -0.15) is 0 Å². The Balaban J connectivity index is 2.32. The van der Waals surface area contributed by atoms with Crippen molar-refractivity contribution in [3.63, 3.8) is 0 Å². The van der Waals surface area contributed by atoms with Gasteiger partial charge in [0.15, 0.2) is 0 Å². The van der Waals surface area contributed by atoms with Crippen molar-refractivity contribution in [1.82, 2.24) is 0 Å². The lowest BCUT2D eigenvalue weighted by Crippen LogP contribution is -1.65. The SMILES string of the molecule is c1ccc2c(c1)oc1cc3ccsc3cc12. The van der Waals surface area contributed by atoms with E-state index in [1.165, 1.54) is 20.9 Å². The molecule has 2 heteroatoms. The largest absolute Gasteiger partial charge is 0.456 e. The van der Waals surface area contributed by atoms with Crippen LogP contribution in [0, 0.1) is 0 Å². The van der Waals surface area contributed by atoms with Crippen molar-refractivity contribution in [3.05, 3.63) is 47.8 Å². The van der Waals surface area contributed by atoms with Gasteiger partial charge in [0.25, 0.3) is 0 Å². The predicted octanol–water partition coefficient (Wildman–Crippen LogP) is 4.80. The van der Waals surface area contributed by atoms with E-state index < -0.39 is 0 Å². The normalized spacial score (nSPS) is 11.8. The molecule has 0 unspecified atom stereocenters. The van der Waals surface area contributed by atoms with Crippen LogP contribution in [0.3, 0.4) is 0 Å². The first kappa shape index (κ1) is 8.36. The van der Waals surface area contributed by atoms with E-state index in [2.05, 4.69) is 35.7 Å². The topological polar surface area (TPSA) is 13.1 Å². The molecule has 0 aliphatic heterocycles. The highest BCUT2D eigenvalue weighted by Crippen LogP contribution is 2.33. The quantitative estimate of drug-likeness (QED) is 0.418. The zero-order chi connectivity index (χ0) is 10.5. The maximum Gasteiger partial charge on any atom is 0.136 e. The summed E-state index contributed by atoms with van der Waals surface area (Å²) < 4.78 is 7.15. The van der Waals surface area contributed by atoms with Gasteiger partial charge in [0.05, 0.1) is 0 Å². The Morgan fingerprint density at radius 3 is 2.81 bits per heavy atom. The molecule has 0 N–H and O–H groups in total. The van der Waals surface area contributed by atoms with Crippen molar-refractivity contribution in [1.29, 1.82) is 0 Å². The number of benzene rings is 2. The summed E-state index contributed by atoms with van der Waals surface area (Å²) in [6.45, 7) is 0. The van der Waals surface area contributed by atoms with E-state index in [1.54, 1.807) is 11.3 Å². The molecule has 2 heterocycles. The number of hydrogen-bond acceptors (Lipinski definition) is 2. The van der Waals surface area contributed by atoms with Crippen LogP contribution in [0.25, 0.3) is 32.0 Å². The minimum atomic E-state index is 0.968. The van der Waals surface area contributed by atoms with E-state index in [0.717, 1.165) is 11.2 Å². The van der Waals surface area contributed by atoms with Crippen LogP contribution in [-0.2, 0) is 0 Å². The summed E-state index contributed by atoms with van der Waals surface area (Å²) >= 11 is 1.77. The molecular weight excluding hydrogens is 216 g/mol. The lowest BCUT2D eigenvalue weighted by Gasteiger charge is -1.90. The number of rotatable bonds is 0. The molecule has 0 atom stereocenters. The summed E-state index contributed by atoms with van der Waals surface area (Å²) in [6, 6.07) is 14.7. The highest BCUT2D eigenvalue weighted by atomic mass is 32.1. The fraction of sp³-hybridized carbons (Fsp3) is 0. The molecule has 0 aliphatic carbocycles. The molecule has 0 fully saturated rings. The second-order valence-corrected chi connectivity index (χ2v) is 4.85. The van der Waals surface area contributed by atoms with Crippen LogP contribution in [0.1, 0.15) is 0 Å². The van der Waals surface area contributed by atoms with Crippen molar-refractivity contribution in [3.8, 4) is 0 Å². The highest BCUT2D eigenvalue weighted by Gasteiger charge is 2.07. The van der Waals surface area contributed by atoms with E-state index in [4.69, 9.17) is 4.42 Å². The van der Waals surface area contributed by atoms with Crippen molar-refractivity contribution in [2.75, 3.05) is 0 Å². The minimum absolute atomic E-state index is 0.968. The fourth-order valence-corrected chi connectivity index (χ4v) is 2.99. The molecule has 0 saturated heterocycles. The van der Waals surface area contributed by atoms with Gasteiger partial charge >= 0.3 is 0 Å². The molecule has 0 amide bonds. The monoisotopic (exact) mass is 224 g/mol. The van der Waals surface area contributed by atoms with Gasteiger partial charge in [0.2, 0.25) is 0 Å². The zero-order valence-electron chi connectivity index (χ0n) is 8.44. The van der Waals surface area contributed by atoms with Gasteiger partial charge < -0.3 is 4.42 Å². The summed E-state index contributed by atoms with van der Waals surface area (Å²) in [5.74, 6) is 0. The van der Waals surface area contributed by atoms with E-state index in [9.17, 15) is 0 Å².